The van der Waals surface area contributed by atoms with Gasteiger partial charge in [-0.1, -0.05) is 30.0 Å². The standard InChI is InChI=1S/C19H24N2OS/c1-14(22)15-9-10-19-17(13-15)21(12-6-11-20(2)3)16-7-4-5-8-18(16)23-19/h4-5,7-10,13-14,22H,6,11-12H2,1-3H3. The first-order valence-electron chi connectivity index (χ1n) is 8.07. The van der Waals surface area contributed by atoms with Gasteiger partial charge in [0.1, 0.15) is 0 Å². The second-order valence-corrected chi connectivity index (χ2v) is 7.37. The molecular formula is C19H24N2OS. The van der Waals surface area contributed by atoms with Crippen molar-refractivity contribution in [3.63, 3.8) is 0 Å². The van der Waals surface area contributed by atoms with Crippen molar-refractivity contribution in [1.29, 1.82) is 0 Å². The van der Waals surface area contributed by atoms with Crippen LogP contribution in [-0.4, -0.2) is 37.2 Å². The van der Waals surface area contributed by atoms with Gasteiger partial charge in [0, 0.05) is 16.3 Å². The highest BCUT2D eigenvalue weighted by atomic mass is 32.2. The van der Waals surface area contributed by atoms with Crippen LogP contribution in [0.3, 0.4) is 0 Å². The lowest BCUT2D eigenvalue weighted by atomic mass is 10.1. The first-order valence-corrected chi connectivity index (χ1v) is 8.89. The maximum atomic E-state index is 9.92. The van der Waals surface area contributed by atoms with Crippen molar-refractivity contribution in [1.82, 2.24) is 4.90 Å². The fraction of sp³-hybridized carbons (Fsp3) is 0.368. The van der Waals surface area contributed by atoms with Crippen LogP contribution in [0.5, 0.6) is 0 Å². The second kappa shape index (κ2) is 6.95. The number of hydrogen-bond donors (Lipinski definition) is 1. The van der Waals surface area contributed by atoms with Crippen LogP contribution < -0.4 is 4.90 Å². The normalized spacial score (nSPS) is 14.6. The number of benzene rings is 2. The van der Waals surface area contributed by atoms with E-state index in [0.29, 0.717) is 0 Å². The van der Waals surface area contributed by atoms with Crippen LogP contribution in [0.2, 0.25) is 0 Å². The van der Waals surface area contributed by atoms with Gasteiger partial charge in [-0.25, -0.2) is 0 Å². The molecule has 0 saturated heterocycles. The van der Waals surface area contributed by atoms with E-state index in [2.05, 4.69) is 60.3 Å². The molecule has 23 heavy (non-hydrogen) atoms. The minimum atomic E-state index is -0.439. The highest BCUT2D eigenvalue weighted by Crippen LogP contribution is 2.48. The van der Waals surface area contributed by atoms with Crippen molar-refractivity contribution in [2.24, 2.45) is 0 Å². The number of para-hydroxylation sites is 1. The van der Waals surface area contributed by atoms with Crippen LogP contribution in [0.15, 0.2) is 52.3 Å². The number of anilines is 2. The molecule has 2 aromatic carbocycles. The molecule has 1 aliphatic rings. The van der Waals surface area contributed by atoms with Crippen molar-refractivity contribution in [3.8, 4) is 0 Å². The van der Waals surface area contributed by atoms with Gasteiger partial charge in [-0.15, -0.1) is 0 Å². The van der Waals surface area contributed by atoms with Crippen LogP contribution >= 0.6 is 11.8 Å². The predicted molar refractivity (Wildman–Crippen MR) is 97.8 cm³/mol. The Kier molecular flexibility index (Phi) is 4.95. The molecular weight excluding hydrogens is 304 g/mol. The van der Waals surface area contributed by atoms with Gasteiger partial charge >= 0.3 is 0 Å². The molecule has 0 aliphatic carbocycles. The minimum Gasteiger partial charge on any atom is -0.389 e. The molecule has 122 valence electrons. The van der Waals surface area contributed by atoms with E-state index in [-0.39, 0.29) is 0 Å². The molecule has 1 aliphatic heterocycles. The van der Waals surface area contributed by atoms with Gasteiger partial charge in [-0.05, 0) is 63.8 Å². The minimum absolute atomic E-state index is 0.439. The molecule has 0 spiro atoms. The molecule has 3 rings (SSSR count). The summed E-state index contributed by atoms with van der Waals surface area (Å²) in [6.07, 6.45) is 0.663. The van der Waals surface area contributed by atoms with E-state index in [9.17, 15) is 5.11 Å². The van der Waals surface area contributed by atoms with Gasteiger partial charge in [0.05, 0.1) is 17.5 Å². The third-order valence-corrected chi connectivity index (χ3v) is 5.25. The van der Waals surface area contributed by atoms with Crippen molar-refractivity contribution in [3.05, 3.63) is 48.0 Å². The fourth-order valence-electron chi connectivity index (χ4n) is 2.89. The third-order valence-electron chi connectivity index (χ3n) is 4.12. The maximum Gasteiger partial charge on any atom is 0.0762 e. The van der Waals surface area contributed by atoms with E-state index < -0.39 is 6.10 Å². The number of hydrogen-bond acceptors (Lipinski definition) is 4. The van der Waals surface area contributed by atoms with Crippen molar-refractivity contribution < 1.29 is 5.11 Å². The Hall–Kier alpha value is -1.49. The van der Waals surface area contributed by atoms with Gasteiger partial charge in [-0.3, -0.25) is 0 Å². The zero-order valence-corrected chi connectivity index (χ0v) is 14.8. The van der Waals surface area contributed by atoms with E-state index in [0.717, 1.165) is 25.1 Å². The van der Waals surface area contributed by atoms with E-state index in [1.54, 1.807) is 0 Å². The Bertz CT molecular complexity index is 685. The van der Waals surface area contributed by atoms with Crippen LogP contribution in [0.1, 0.15) is 25.0 Å². The first kappa shape index (κ1) is 16.4. The fourth-order valence-corrected chi connectivity index (χ4v) is 3.97. The zero-order chi connectivity index (χ0) is 16.4. The Labute approximate surface area is 142 Å². The summed E-state index contributed by atoms with van der Waals surface area (Å²) in [5, 5.41) is 9.92. The molecule has 1 unspecified atom stereocenters. The quantitative estimate of drug-likeness (QED) is 0.885. The molecule has 1 heterocycles. The number of aliphatic hydroxyl groups is 1. The average molecular weight is 328 g/mol. The molecule has 4 heteroatoms. The first-order chi connectivity index (χ1) is 11.1. The molecule has 0 radical (unpaired) electrons. The Morgan fingerprint density at radius 2 is 1.83 bits per heavy atom. The summed E-state index contributed by atoms with van der Waals surface area (Å²) in [5.74, 6) is 0. The van der Waals surface area contributed by atoms with Crippen LogP contribution in [0.25, 0.3) is 0 Å². The second-order valence-electron chi connectivity index (χ2n) is 6.28. The van der Waals surface area contributed by atoms with Crippen LogP contribution in [0.4, 0.5) is 11.4 Å². The Morgan fingerprint density at radius 1 is 1.09 bits per heavy atom. The molecule has 1 atom stereocenters. The maximum absolute atomic E-state index is 9.92. The van der Waals surface area contributed by atoms with Gasteiger partial charge in [0.25, 0.3) is 0 Å². The summed E-state index contributed by atoms with van der Waals surface area (Å²) in [7, 11) is 4.22. The summed E-state index contributed by atoms with van der Waals surface area (Å²) >= 11 is 1.81. The summed E-state index contributed by atoms with van der Waals surface area (Å²) < 4.78 is 0. The van der Waals surface area contributed by atoms with Crippen LogP contribution in [0, 0.1) is 0 Å². The predicted octanol–water partition coefficient (Wildman–Crippen LogP) is 4.29. The molecule has 0 fully saturated rings. The molecule has 0 aromatic heterocycles. The summed E-state index contributed by atoms with van der Waals surface area (Å²) in [4.78, 5) is 7.18. The monoisotopic (exact) mass is 328 g/mol. The number of fused-ring (bicyclic) bond motifs is 2. The molecule has 3 nitrogen and oxygen atoms in total. The molecule has 0 saturated carbocycles. The van der Waals surface area contributed by atoms with Crippen molar-refractivity contribution in [2.75, 3.05) is 32.1 Å². The average Bonchev–Trinajstić information content (AvgIpc) is 2.53. The number of aliphatic hydroxyl groups excluding tert-OH is 1. The van der Waals surface area contributed by atoms with E-state index in [1.807, 2.05) is 24.8 Å². The van der Waals surface area contributed by atoms with Gasteiger partial charge < -0.3 is 14.9 Å². The summed E-state index contributed by atoms with van der Waals surface area (Å²) in [5.41, 5.74) is 3.46. The highest BCUT2D eigenvalue weighted by Gasteiger charge is 2.23. The van der Waals surface area contributed by atoms with Crippen molar-refractivity contribution >= 4 is 23.1 Å². The lowest BCUT2D eigenvalue weighted by Crippen LogP contribution is -2.25. The van der Waals surface area contributed by atoms with Gasteiger partial charge in [0.15, 0.2) is 0 Å². The smallest absolute Gasteiger partial charge is 0.0762 e. The SMILES string of the molecule is CC(O)c1ccc2c(c1)N(CCCN(C)C)c1ccccc1S2. The Balaban J connectivity index is 1.96. The Morgan fingerprint density at radius 3 is 2.57 bits per heavy atom. The van der Waals surface area contributed by atoms with E-state index >= 15 is 0 Å². The van der Waals surface area contributed by atoms with Crippen molar-refractivity contribution in [2.45, 2.75) is 29.2 Å². The number of rotatable bonds is 5. The molecule has 0 bridgehead atoms. The van der Waals surface area contributed by atoms with Gasteiger partial charge in [-0.2, -0.15) is 0 Å². The zero-order valence-electron chi connectivity index (χ0n) is 14.0. The summed E-state index contributed by atoms with van der Waals surface area (Å²) in [6.45, 7) is 3.87. The molecule has 0 amide bonds. The molecule has 2 aromatic rings. The van der Waals surface area contributed by atoms with E-state index in [4.69, 9.17) is 0 Å². The third kappa shape index (κ3) is 3.55. The van der Waals surface area contributed by atoms with Crippen LogP contribution in [-0.2, 0) is 0 Å². The highest BCUT2D eigenvalue weighted by molar-refractivity contribution is 7.99. The lowest BCUT2D eigenvalue weighted by molar-refractivity contribution is 0.199. The topological polar surface area (TPSA) is 26.7 Å². The largest absolute Gasteiger partial charge is 0.389 e. The van der Waals surface area contributed by atoms with Gasteiger partial charge in [0.2, 0.25) is 0 Å². The molecule has 1 N–H and O–H groups in total. The summed E-state index contributed by atoms with van der Waals surface area (Å²) in [6, 6.07) is 14.9. The van der Waals surface area contributed by atoms with E-state index in [1.165, 1.54) is 21.2 Å². The number of nitrogens with zero attached hydrogens (tertiary/aromatic N) is 2. The lowest BCUT2D eigenvalue weighted by Gasteiger charge is -2.33.